The fourth-order valence-electron chi connectivity index (χ4n) is 2.01. The third-order valence-electron chi connectivity index (χ3n) is 3.31. The van der Waals surface area contributed by atoms with E-state index in [1.807, 2.05) is 31.2 Å². The number of benzene rings is 2. The Hall–Kier alpha value is -2.33. The fraction of sp³-hybridized carbons (Fsp3) is 0.222. The predicted molar refractivity (Wildman–Crippen MR) is 92.8 cm³/mol. The predicted octanol–water partition coefficient (Wildman–Crippen LogP) is 3.80. The first-order chi connectivity index (χ1) is 11.0. The van der Waals surface area contributed by atoms with E-state index in [2.05, 4.69) is 10.6 Å². The first kappa shape index (κ1) is 17.0. The van der Waals surface area contributed by atoms with Gasteiger partial charge in [-0.1, -0.05) is 29.3 Å². The van der Waals surface area contributed by atoms with Crippen LogP contribution in [0.1, 0.15) is 28.8 Å². The van der Waals surface area contributed by atoms with Gasteiger partial charge in [0, 0.05) is 29.2 Å². The minimum absolute atomic E-state index is 0.0606. The third-order valence-corrected chi connectivity index (χ3v) is 3.56. The van der Waals surface area contributed by atoms with E-state index in [4.69, 9.17) is 11.6 Å². The van der Waals surface area contributed by atoms with Crippen LogP contribution >= 0.6 is 11.6 Å². The van der Waals surface area contributed by atoms with Gasteiger partial charge >= 0.3 is 0 Å². The van der Waals surface area contributed by atoms with Crippen LogP contribution < -0.4 is 10.6 Å². The molecule has 4 nitrogen and oxygen atoms in total. The lowest BCUT2D eigenvalue weighted by molar-refractivity contribution is -0.116. The Morgan fingerprint density at radius 2 is 1.65 bits per heavy atom. The van der Waals surface area contributed by atoms with Crippen molar-refractivity contribution in [3.05, 3.63) is 64.7 Å². The van der Waals surface area contributed by atoms with Crippen molar-refractivity contribution in [3.8, 4) is 0 Å². The van der Waals surface area contributed by atoms with Crippen LogP contribution in [0, 0.1) is 6.92 Å². The molecule has 120 valence electrons. The highest BCUT2D eigenvalue weighted by Gasteiger charge is 2.06. The smallest absolute Gasteiger partial charge is 0.251 e. The third kappa shape index (κ3) is 5.75. The van der Waals surface area contributed by atoms with E-state index in [0.717, 1.165) is 11.3 Å². The molecular weight excluding hydrogens is 312 g/mol. The summed E-state index contributed by atoms with van der Waals surface area (Å²) < 4.78 is 0. The first-order valence-electron chi connectivity index (χ1n) is 7.45. The van der Waals surface area contributed by atoms with Crippen molar-refractivity contribution >= 4 is 29.1 Å². The molecule has 0 saturated carbocycles. The van der Waals surface area contributed by atoms with Gasteiger partial charge in [0.25, 0.3) is 5.91 Å². The molecule has 2 rings (SSSR count). The molecular formula is C18H19ClN2O2. The summed E-state index contributed by atoms with van der Waals surface area (Å²) in [6.07, 6.45) is 0.936. The van der Waals surface area contributed by atoms with E-state index in [0.29, 0.717) is 30.0 Å². The van der Waals surface area contributed by atoms with Crippen molar-refractivity contribution < 1.29 is 9.59 Å². The van der Waals surface area contributed by atoms with Crippen LogP contribution in [-0.4, -0.2) is 18.4 Å². The van der Waals surface area contributed by atoms with E-state index in [-0.39, 0.29) is 11.8 Å². The lowest BCUT2D eigenvalue weighted by Crippen LogP contribution is -2.25. The maximum absolute atomic E-state index is 11.9. The number of halogens is 1. The summed E-state index contributed by atoms with van der Waals surface area (Å²) in [6.45, 7) is 2.44. The number of carbonyl (C=O) groups is 2. The topological polar surface area (TPSA) is 58.2 Å². The van der Waals surface area contributed by atoms with E-state index < -0.39 is 0 Å². The van der Waals surface area contributed by atoms with Gasteiger partial charge in [0.05, 0.1) is 0 Å². The minimum atomic E-state index is -0.166. The molecule has 0 aliphatic carbocycles. The molecule has 23 heavy (non-hydrogen) atoms. The van der Waals surface area contributed by atoms with Gasteiger partial charge in [0.1, 0.15) is 0 Å². The lowest BCUT2D eigenvalue weighted by atomic mass is 10.2. The molecule has 2 aromatic rings. The quantitative estimate of drug-likeness (QED) is 0.791. The second kappa shape index (κ2) is 8.34. The summed E-state index contributed by atoms with van der Waals surface area (Å²) in [5.74, 6) is -0.227. The number of rotatable bonds is 6. The number of hydrogen-bond donors (Lipinski definition) is 2. The van der Waals surface area contributed by atoms with Gasteiger partial charge in [-0.3, -0.25) is 9.59 Å². The SMILES string of the molecule is Cc1ccc(NC(=O)CCCNC(=O)c2ccc(Cl)cc2)cc1. The highest BCUT2D eigenvalue weighted by molar-refractivity contribution is 6.30. The van der Waals surface area contributed by atoms with Gasteiger partial charge in [-0.25, -0.2) is 0 Å². The van der Waals surface area contributed by atoms with Gasteiger partial charge in [-0.05, 0) is 49.7 Å². The molecule has 5 heteroatoms. The van der Waals surface area contributed by atoms with Crippen LogP contribution in [0.2, 0.25) is 5.02 Å². The maximum atomic E-state index is 11.9. The van der Waals surface area contributed by atoms with Gasteiger partial charge in [-0.2, -0.15) is 0 Å². The fourth-order valence-corrected chi connectivity index (χ4v) is 2.14. The molecule has 2 amide bonds. The second-order valence-electron chi connectivity index (χ2n) is 5.28. The van der Waals surface area contributed by atoms with Crippen LogP contribution in [-0.2, 0) is 4.79 Å². The standard InChI is InChI=1S/C18H19ClN2O2/c1-13-4-10-16(11-5-13)21-17(22)3-2-12-20-18(23)14-6-8-15(19)9-7-14/h4-11H,2-3,12H2,1H3,(H,20,23)(H,21,22). The zero-order valence-corrected chi connectivity index (χ0v) is 13.7. The van der Waals surface area contributed by atoms with E-state index >= 15 is 0 Å². The summed E-state index contributed by atoms with van der Waals surface area (Å²) in [7, 11) is 0. The second-order valence-corrected chi connectivity index (χ2v) is 5.72. The van der Waals surface area contributed by atoms with Crippen molar-refractivity contribution in [2.45, 2.75) is 19.8 Å². The summed E-state index contributed by atoms with van der Waals surface area (Å²) in [6, 6.07) is 14.3. The van der Waals surface area contributed by atoms with Gasteiger partial charge in [0.2, 0.25) is 5.91 Å². The Bertz CT molecular complexity index is 666. The van der Waals surface area contributed by atoms with Gasteiger partial charge in [-0.15, -0.1) is 0 Å². The monoisotopic (exact) mass is 330 g/mol. The molecule has 0 saturated heterocycles. The number of anilines is 1. The minimum Gasteiger partial charge on any atom is -0.352 e. The van der Waals surface area contributed by atoms with Crippen LogP contribution in [0.25, 0.3) is 0 Å². The molecule has 0 spiro atoms. The molecule has 0 aliphatic heterocycles. The molecule has 0 fully saturated rings. The zero-order chi connectivity index (χ0) is 16.7. The normalized spacial score (nSPS) is 10.2. The largest absolute Gasteiger partial charge is 0.352 e. The Labute approximate surface area is 140 Å². The zero-order valence-electron chi connectivity index (χ0n) is 12.9. The average molecular weight is 331 g/mol. The molecule has 0 aromatic heterocycles. The summed E-state index contributed by atoms with van der Waals surface area (Å²) in [5.41, 5.74) is 2.48. The van der Waals surface area contributed by atoms with Crippen molar-refractivity contribution in [1.29, 1.82) is 0 Å². The van der Waals surface area contributed by atoms with Gasteiger partial charge < -0.3 is 10.6 Å². The van der Waals surface area contributed by atoms with E-state index in [9.17, 15) is 9.59 Å². The summed E-state index contributed by atoms with van der Waals surface area (Å²) in [5, 5.41) is 6.20. The maximum Gasteiger partial charge on any atom is 0.251 e. The van der Waals surface area contributed by atoms with E-state index in [1.54, 1.807) is 24.3 Å². The number of hydrogen-bond acceptors (Lipinski definition) is 2. The molecule has 0 bridgehead atoms. The number of nitrogens with one attached hydrogen (secondary N) is 2. The Morgan fingerprint density at radius 1 is 1.00 bits per heavy atom. The number of amides is 2. The Morgan fingerprint density at radius 3 is 2.30 bits per heavy atom. The lowest BCUT2D eigenvalue weighted by Gasteiger charge is -2.07. The molecule has 0 aliphatic rings. The molecule has 0 heterocycles. The Balaban J connectivity index is 1.68. The van der Waals surface area contributed by atoms with Crippen LogP contribution in [0.5, 0.6) is 0 Å². The van der Waals surface area contributed by atoms with Crippen molar-refractivity contribution in [2.75, 3.05) is 11.9 Å². The van der Waals surface area contributed by atoms with Crippen molar-refractivity contribution in [1.82, 2.24) is 5.32 Å². The van der Waals surface area contributed by atoms with Crippen LogP contribution in [0.3, 0.4) is 0 Å². The van der Waals surface area contributed by atoms with E-state index in [1.165, 1.54) is 0 Å². The molecule has 2 aromatic carbocycles. The molecule has 0 radical (unpaired) electrons. The first-order valence-corrected chi connectivity index (χ1v) is 7.83. The molecule has 2 N–H and O–H groups in total. The van der Waals surface area contributed by atoms with Crippen LogP contribution in [0.4, 0.5) is 5.69 Å². The number of carbonyl (C=O) groups excluding carboxylic acids is 2. The summed E-state index contributed by atoms with van der Waals surface area (Å²) >= 11 is 5.78. The molecule has 0 unspecified atom stereocenters. The van der Waals surface area contributed by atoms with Gasteiger partial charge in [0.15, 0.2) is 0 Å². The van der Waals surface area contributed by atoms with Crippen LogP contribution in [0.15, 0.2) is 48.5 Å². The number of aryl methyl sites for hydroxylation is 1. The highest BCUT2D eigenvalue weighted by Crippen LogP contribution is 2.10. The Kier molecular flexibility index (Phi) is 6.18. The van der Waals surface area contributed by atoms with Crippen molar-refractivity contribution in [2.24, 2.45) is 0 Å². The van der Waals surface area contributed by atoms with Crippen molar-refractivity contribution in [3.63, 3.8) is 0 Å². The average Bonchev–Trinajstić information content (AvgIpc) is 2.54. The summed E-state index contributed by atoms with van der Waals surface area (Å²) in [4.78, 5) is 23.7. The molecule has 0 atom stereocenters. The highest BCUT2D eigenvalue weighted by atomic mass is 35.5.